The molecule has 0 radical (unpaired) electrons. The van der Waals surface area contributed by atoms with Crippen molar-refractivity contribution >= 4 is 27.5 Å². The number of hydrogen-bond acceptors (Lipinski definition) is 7. The Balaban J connectivity index is 1.47. The Labute approximate surface area is 223 Å². The van der Waals surface area contributed by atoms with Crippen LogP contribution in [0.1, 0.15) is 25.8 Å². The molecule has 2 aromatic rings. The van der Waals surface area contributed by atoms with Gasteiger partial charge in [-0.05, 0) is 66.6 Å². The standard InChI is InChI=1S/C27H35N3O7S/c1-18-11-19(2)15-29(14-18)38(33,34)22-6-8-25-23(13-22)30(27(32)17-37-25)16-26(31)28-10-9-20-12-21(35-3)5-7-24(20)36-4/h5-8,12-13,18-19H,9-11,14-17H2,1-4H3,(H,28,31)/t18-,19-/m0/s1. The van der Waals surface area contributed by atoms with Crippen LogP contribution < -0.4 is 24.4 Å². The van der Waals surface area contributed by atoms with E-state index in [0.29, 0.717) is 43.3 Å². The molecule has 0 saturated carbocycles. The van der Waals surface area contributed by atoms with Crippen LogP contribution in [-0.4, -0.2) is 71.5 Å². The van der Waals surface area contributed by atoms with Crippen LogP contribution in [0.25, 0.3) is 0 Å². The van der Waals surface area contributed by atoms with Crippen molar-refractivity contribution in [1.29, 1.82) is 0 Å². The van der Waals surface area contributed by atoms with Crippen molar-refractivity contribution in [3.8, 4) is 17.2 Å². The number of ether oxygens (including phenoxy) is 3. The third-order valence-electron chi connectivity index (χ3n) is 6.85. The first kappa shape index (κ1) is 27.7. The van der Waals surface area contributed by atoms with Crippen LogP contribution >= 0.6 is 0 Å². The number of sulfonamides is 1. The number of fused-ring (bicyclic) bond motifs is 1. The average Bonchev–Trinajstić information content (AvgIpc) is 2.89. The molecule has 4 rings (SSSR count). The van der Waals surface area contributed by atoms with Gasteiger partial charge in [-0.2, -0.15) is 4.31 Å². The minimum atomic E-state index is -3.77. The van der Waals surface area contributed by atoms with E-state index in [9.17, 15) is 18.0 Å². The van der Waals surface area contributed by atoms with E-state index in [1.165, 1.54) is 21.3 Å². The average molecular weight is 546 g/mol. The second-order valence-corrected chi connectivity index (χ2v) is 11.9. The topological polar surface area (TPSA) is 114 Å². The Kier molecular flexibility index (Phi) is 8.47. The summed E-state index contributed by atoms with van der Waals surface area (Å²) >= 11 is 0. The number of methoxy groups -OCH3 is 2. The predicted octanol–water partition coefficient (Wildman–Crippen LogP) is 2.45. The van der Waals surface area contributed by atoms with Gasteiger partial charge in [-0.15, -0.1) is 0 Å². The molecule has 2 aromatic carbocycles. The van der Waals surface area contributed by atoms with E-state index in [4.69, 9.17) is 14.2 Å². The summed E-state index contributed by atoms with van der Waals surface area (Å²) in [7, 11) is -0.617. The summed E-state index contributed by atoms with van der Waals surface area (Å²) in [5, 5.41) is 2.83. The molecule has 0 aromatic heterocycles. The van der Waals surface area contributed by atoms with E-state index in [-0.39, 0.29) is 41.5 Å². The fourth-order valence-corrected chi connectivity index (χ4v) is 6.78. The molecule has 0 aliphatic carbocycles. The van der Waals surface area contributed by atoms with Gasteiger partial charge in [0.05, 0.1) is 24.8 Å². The third kappa shape index (κ3) is 6.05. The zero-order chi connectivity index (χ0) is 27.4. The highest BCUT2D eigenvalue weighted by Gasteiger charge is 2.34. The smallest absolute Gasteiger partial charge is 0.265 e. The minimum absolute atomic E-state index is 0.0754. The third-order valence-corrected chi connectivity index (χ3v) is 8.68. The van der Waals surface area contributed by atoms with Crippen molar-refractivity contribution in [3.05, 3.63) is 42.0 Å². The maximum Gasteiger partial charge on any atom is 0.265 e. The van der Waals surface area contributed by atoms with Gasteiger partial charge in [-0.3, -0.25) is 14.5 Å². The molecule has 11 heteroatoms. The summed E-state index contributed by atoms with van der Waals surface area (Å²) in [5.74, 6) is 1.45. The zero-order valence-corrected chi connectivity index (χ0v) is 23.0. The van der Waals surface area contributed by atoms with Crippen LogP contribution in [0.4, 0.5) is 5.69 Å². The first-order chi connectivity index (χ1) is 18.1. The van der Waals surface area contributed by atoms with E-state index in [1.807, 2.05) is 19.9 Å². The summed E-state index contributed by atoms with van der Waals surface area (Å²) in [6.07, 6.45) is 1.47. The number of nitrogens with zero attached hydrogens (tertiary/aromatic N) is 2. The Morgan fingerprint density at radius 2 is 1.82 bits per heavy atom. The number of benzene rings is 2. The van der Waals surface area contributed by atoms with Gasteiger partial charge in [0.15, 0.2) is 6.61 Å². The van der Waals surface area contributed by atoms with Crippen LogP contribution in [0.5, 0.6) is 17.2 Å². The van der Waals surface area contributed by atoms with Crippen molar-refractivity contribution in [3.63, 3.8) is 0 Å². The fourth-order valence-electron chi connectivity index (χ4n) is 5.08. The van der Waals surface area contributed by atoms with E-state index in [0.717, 1.165) is 12.0 Å². The Bertz CT molecular complexity index is 1290. The molecule has 206 valence electrons. The molecule has 10 nitrogen and oxygen atoms in total. The molecule has 1 N–H and O–H groups in total. The molecule has 2 amide bonds. The van der Waals surface area contributed by atoms with Crippen LogP contribution in [0, 0.1) is 11.8 Å². The summed E-state index contributed by atoms with van der Waals surface area (Å²) in [6, 6.07) is 9.91. The van der Waals surface area contributed by atoms with E-state index < -0.39 is 15.9 Å². The Morgan fingerprint density at radius 3 is 2.50 bits per heavy atom. The highest BCUT2D eigenvalue weighted by molar-refractivity contribution is 7.89. The van der Waals surface area contributed by atoms with E-state index in [1.54, 1.807) is 32.4 Å². The minimum Gasteiger partial charge on any atom is -0.497 e. The number of hydrogen-bond donors (Lipinski definition) is 1. The number of carbonyl (C=O) groups is 2. The van der Waals surface area contributed by atoms with Gasteiger partial charge in [-0.1, -0.05) is 13.8 Å². The van der Waals surface area contributed by atoms with Gasteiger partial charge in [-0.25, -0.2) is 8.42 Å². The molecule has 0 spiro atoms. The van der Waals surface area contributed by atoms with Gasteiger partial charge in [0.25, 0.3) is 5.91 Å². The molecule has 1 fully saturated rings. The first-order valence-electron chi connectivity index (χ1n) is 12.7. The second-order valence-electron chi connectivity index (χ2n) is 9.94. The summed E-state index contributed by atoms with van der Waals surface area (Å²) in [4.78, 5) is 26.9. The van der Waals surface area contributed by atoms with Gasteiger partial charge in [0.1, 0.15) is 23.8 Å². The molecule has 0 unspecified atom stereocenters. The lowest BCUT2D eigenvalue weighted by atomic mass is 9.94. The lowest BCUT2D eigenvalue weighted by molar-refractivity contribution is -0.125. The molecule has 1 saturated heterocycles. The second kappa shape index (κ2) is 11.6. The maximum absolute atomic E-state index is 13.4. The molecular formula is C27H35N3O7S. The number of nitrogens with one attached hydrogen (secondary N) is 1. The van der Waals surface area contributed by atoms with Crippen molar-refractivity contribution in [1.82, 2.24) is 9.62 Å². The van der Waals surface area contributed by atoms with Gasteiger partial charge in [0, 0.05) is 19.6 Å². The fraction of sp³-hybridized carbons (Fsp3) is 0.481. The normalized spacial score (nSPS) is 19.9. The van der Waals surface area contributed by atoms with Crippen molar-refractivity contribution < 1.29 is 32.2 Å². The van der Waals surface area contributed by atoms with Gasteiger partial charge in [0.2, 0.25) is 15.9 Å². The first-order valence-corrected chi connectivity index (χ1v) is 14.1. The molecule has 2 aliphatic rings. The molecule has 2 aliphatic heterocycles. The van der Waals surface area contributed by atoms with Crippen LogP contribution in [0.2, 0.25) is 0 Å². The molecular weight excluding hydrogens is 510 g/mol. The predicted molar refractivity (Wildman–Crippen MR) is 142 cm³/mol. The van der Waals surface area contributed by atoms with E-state index >= 15 is 0 Å². The SMILES string of the molecule is COc1ccc(OC)c(CCNC(=O)CN2C(=O)COc3ccc(S(=O)(=O)N4C[C@@H](C)C[C@H](C)C4)cc32)c1. The lowest BCUT2D eigenvalue weighted by Crippen LogP contribution is -2.45. The van der Waals surface area contributed by atoms with Gasteiger partial charge < -0.3 is 19.5 Å². The Hall–Kier alpha value is -3.31. The van der Waals surface area contributed by atoms with E-state index in [2.05, 4.69) is 5.32 Å². The quantitative estimate of drug-likeness (QED) is 0.515. The molecule has 38 heavy (non-hydrogen) atoms. The number of amides is 2. The van der Waals surface area contributed by atoms with Crippen molar-refractivity contribution in [2.24, 2.45) is 11.8 Å². The van der Waals surface area contributed by atoms with Crippen LogP contribution in [0.15, 0.2) is 41.3 Å². The molecule has 2 heterocycles. The van der Waals surface area contributed by atoms with Crippen LogP contribution in [-0.2, 0) is 26.0 Å². The van der Waals surface area contributed by atoms with Crippen LogP contribution in [0.3, 0.4) is 0 Å². The number of rotatable bonds is 9. The lowest BCUT2D eigenvalue weighted by Gasteiger charge is -2.34. The monoisotopic (exact) mass is 545 g/mol. The number of piperidine rings is 1. The largest absolute Gasteiger partial charge is 0.497 e. The molecule has 0 bridgehead atoms. The van der Waals surface area contributed by atoms with Crippen molar-refractivity contribution in [2.45, 2.75) is 31.6 Å². The highest BCUT2D eigenvalue weighted by Crippen LogP contribution is 2.36. The summed E-state index contributed by atoms with van der Waals surface area (Å²) in [5.41, 5.74) is 1.14. The summed E-state index contributed by atoms with van der Waals surface area (Å²) < 4.78 is 44.5. The zero-order valence-electron chi connectivity index (χ0n) is 22.2. The number of anilines is 1. The Morgan fingerprint density at radius 1 is 1.08 bits per heavy atom. The summed E-state index contributed by atoms with van der Waals surface area (Å²) in [6.45, 7) is 4.81. The number of carbonyl (C=O) groups excluding carboxylic acids is 2. The molecule has 2 atom stereocenters. The highest BCUT2D eigenvalue weighted by atomic mass is 32.2. The van der Waals surface area contributed by atoms with Crippen molar-refractivity contribution in [2.75, 3.05) is 51.9 Å². The van der Waals surface area contributed by atoms with Gasteiger partial charge >= 0.3 is 0 Å². The maximum atomic E-state index is 13.4.